The number of hydrogen-bond donors (Lipinski definition) is 1. The summed E-state index contributed by atoms with van der Waals surface area (Å²) in [7, 11) is 0. The monoisotopic (exact) mass is 495 g/mol. The number of hydrogen-bond acceptors (Lipinski definition) is 7. The fraction of sp³-hybridized carbons (Fsp3) is 0.545. The fourth-order valence-electron chi connectivity index (χ4n) is 4.70. The highest BCUT2D eigenvalue weighted by molar-refractivity contribution is 5.94. The zero-order chi connectivity index (χ0) is 24.6. The van der Waals surface area contributed by atoms with Crippen molar-refractivity contribution in [1.82, 2.24) is 25.3 Å². The van der Waals surface area contributed by atoms with Gasteiger partial charge in [-0.1, -0.05) is 17.3 Å². The number of fused-ring (bicyclic) bond motifs is 2. The second-order valence-corrected chi connectivity index (χ2v) is 8.74. The number of alkyl halides is 3. The molecule has 1 aromatic carbocycles. The van der Waals surface area contributed by atoms with E-state index in [2.05, 4.69) is 20.0 Å². The van der Waals surface area contributed by atoms with Gasteiger partial charge in [-0.2, -0.15) is 18.2 Å². The van der Waals surface area contributed by atoms with Crippen LogP contribution in [0.5, 0.6) is 0 Å². The number of aromatic nitrogens is 2. The van der Waals surface area contributed by atoms with E-state index in [-0.39, 0.29) is 48.0 Å². The number of amides is 3. The molecule has 3 atom stereocenters. The first-order chi connectivity index (χ1) is 16.8. The average Bonchev–Trinajstić information content (AvgIpc) is 3.45. The van der Waals surface area contributed by atoms with E-state index in [4.69, 9.17) is 9.47 Å². The lowest BCUT2D eigenvalue weighted by atomic mass is 10.1. The second-order valence-electron chi connectivity index (χ2n) is 8.74. The Kier molecular flexibility index (Phi) is 6.36. The standard InChI is InChI=1S/C22H24F3N5O5/c23-22(24,25)20-27-18(28-35-20)13-1-3-14(4-2-13)19(31)26-9-17-12-33-8-7-29(17)21(32)30-15-5-6-16(30)11-34-10-15/h1-4,15-17H,5-12H2,(H,26,31)/t15?,16?,17-/m0/s1. The summed E-state index contributed by atoms with van der Waals surface area (Å²) in [6, 6.07) is 5.60. The minimum Gasteiger partial charge on any atom is -0.377 e. The third-order valence-electron chi connectivity index (χ3n) is 6.51. The molecule has 13 heteroatoms. The van der Waals surface area contributed by atoms with E-state index in [0.29, 0.717) is 38.5 Å². The highest BCUT2D eigenvalue weighted by atomic mass is 19.4. The Morgan fingerprint density at radius 1 is 1.06 bits per heavy atom. The molecule has 188 valence electrons. The molecule has 2 unspecified atom stereocenters. The van der Waals surface area contributed by atoms with Crippen LogP contribution in [-0.4, -0.2) is 89.5 Å². The smallest absolute Gasteiger partial charge is 0.377 e. The molecule has 0 saturated carbocycles. The summed E-state index contributed by atoms with van der Waals surface area (Å²) < 4.78 is 53.3. The number of nitrogens with zero attached hydrogens (tertiary/aromatic N) is 4. The number of ether oxygens (including phenoxy) is 2. The maximum absolute atomic E-state index is 13.3. The van der Waals surface area contributed by atoms with Crippen molar-refractivity contribution in [3.05, 3.63) is 35.7 Å². The maximum atomic E-state index is 13.3. The van der Waals surface area contributed by atoms with Gasteiger partial charge in [0.15, 0.2) is 0 Å². The van der Waals surface area contributed by atoms with E-state index >= 15 is 0 Å². The van der Waals surface area contributed by atoms with Crippen molar-refractivity contribution in [2.45, 2.75) is 37.1 Å². The highest BCUT2D eigenvalue weighted by Crippen LogP contribution is 2.31. The molecular formula is C22H24F3N5O5. The SMILES string of the molecule is O=C(NC[C@H]1COCCN1C(=O)N1C2CCC1COC2)c1ccc(-c2noc(C(F)(F)F)n2)cc1. The van der Waals surface area contributed by atoms with Gasteiger partial charge >= 0.3 is 18.1 Å². The quantitative estimate of drug-likeness (QED) is 0.692. The molecule has 0 aliphatic carbocycles. The predicted octanol–water partition coefficient (Wildman–Crippen LogP) is 2.17. The number of carbonyl (C=O) groups excluding carboxylic acids is 2. The molecule has 35 heavy (non-hydrogen) atoms. The van der Waals surface area contributed by atoms with Crippen LogP contribution in [0.1, 0.15) is 29.1 Å². The summed E-state index contributed by atoms with van der Waals surface area (Å²) in [4.78, 5) is 33.0. The molecule has 2 bridgehead atoms. The van der Waals surface area contributed by atoms with Crippen molar-refractivity contribution in [1.29, 1.82) is 0 Å². The van der Waals surface area contributed by atoms with Crippen molar-refractivity contribution in [2.75, 3.05) is 39.5 Å². The van der Waals surface area contributed by atoms with Crippen LogP contribution in [0.3, 0.4) is 0 Å². The topological polar surface area (TPSA) is 110 Å². The first-order valence-corrected chi connectivity index (χ1v) is 11.3. The van der Waals surface area contributed by atoms with Gasteiger partial charge in [0.05, 0.1) is 44.6 Å². The fourth-order valence-corrected chi connectivity index (χ4v) is 4.70. The average molecular weight is 495 g/mol. The van der Waals surface area contributed by atoms with Crippen LogP contribution in [0.25, 0.3) is 11.4 Å². The lowest BCUT2D eigenvalue weighted by molar-refractivity contribution is -0.159. The van der Waals surface area contributed by atoms with Gasteiger partial charge in [-0.3, -0.25) is 4.79 Å². The van der Waals surface area contributed by atoms with E-state index in [9.17, 15) is 22.8 Å². The molecule has 3 saturated heterocycles. The van der Waals surface area contributed by atoms with E-state index in [1.807, 2.05) is 4.90 Å². The van der Waals surface area contributed by atoms with Gasteiger partial charge in [0, 0.05) is 24.2 Å². The Labute approximate surface area is 198 Å². The number of urea groups is 1. The third kappa shape index (κ3) is 4.82. The lowest BCUT2D eigenvalue weighted by Crippen LogP contribution is -2.61. The van der Waals surface area contributed by atoms with Gasteiger partial charge in [0.1, 0.15) is 0 Å². The second kappa shape index (κ2) is 9.46. The normalized spacial score (nSPS) is 24.5. The molecule has 1 aromatic heterocycles. The van der Waals surface area contributed by atoms with Crippen LogP contribution < -0.4 is 5.32 Å². The van der Waals surface area contributed by atoms with Crippen molar-refractivity contribution >= 4 is 11.9 Å². The van der Waals surface area contributed by atoms with Crippen LogP contribution in [0.15, 0.2) is 28.8 Å². The molecule has 0 spiro atoms. The summed E-state index contributed by atoms with van der Waals surface area (Å²) in [6.07, 6.45) is -2.87. The van der Waals surface area contributed by atoms with Gasteiger partial charge in [-0.15, -0.1) is 0 Å². The maximum Gasteiger partial charge on any atom is 0.471 e. The highest BCUT2D eigenvalue weighted by Gasteiger charge is 2.44. The Balaban J connectivity index is 1.20. The molecular weight excluding hydrogens is 471 g/mol. The van der Waals surface area contributed by atoms with E-state index in [1.54, 1.807) is 4.90 Å². The Hall–Kier alpha value is -3.19. The Morgan fingerprint density at radius 3 is 2.43 bits per heavy atom. The predicted molar refractivity (Wildman–Crippen MR) is 113 cm³/mol. The van der Waals surface area contributed by atoms with Crippen LogP contribution in [-0.2, 0) is 15.7 Å². The molecule has 4 heterocycles. The number of carbonyl (C=O) groups is 2. The number of rotatable bonds is 4. The minimum absolute atomic E-state index is 0.0500. The van der Waals surface area contributed by atoms with Crippen LogP contribution >= 0.6 is 0 Å². The number of nitrogens with one attached hydrogen (secondary N) is 1. The third-order valence-corrected chi connectivity index (χ3v) is 6.51. The molecule has 3 aliphatic rings. The van der Waals surface area contributed by atoms with Crippen LogP contribution in [0.4, 0.5) is 18.0 Å². The summed E-state index contributed by atoms with van der Waals surface area (Å²) in [6.45, 7) is 2.48. The molecule has 3 aliphatic heterocycles. The molecule has 10 nitrogen and oxygen atoms in total. The van der Waals surface area contributed by atoms with Gasteiger partial charge in [0.2, 0.25) is 5.82 Å². The summed E-state index contributed by atoms with van der Waals surface area (Å²) in [5, 5.41) is 6.16. The Morgan fingerprint density at radius 2 is 1.77 bits per heavy atom. The minimum atomic E-state index is -4.73. The summed E-state index contributed by atoms with van der Waals surface area (Å²) in [5.41, 5.74) is 0.576. The molecule has 3 amide bonds. The Bertz CT molecular complexity index is 1060. The first-order valence-electron chi connectivity index (χ1n) is 11.3. The lowest BCUT2D eigenvalue weighted by Gasteiger charge is -2.42. The largest absolute Gasteiger partial charge is 0.471 e. The number of halogens is 3. The molecule has 3 fully saturated rings. The van der Waals surface area contributed by atoms with Gasteiger partial charge in [0.25, 0.3) is 5.91 Å². The number of morpholine rings is 2. The van der Waals surface area contributed by atoms with Crippen LogP contribution in [0.2, 0.25) is 0 Å². The van der Waals surface area contributed by atoms with Gasteiger partial charge in [-0.05, 0) is 25.0 Å². The van der Waals surface area contributed by atoms with Gasteiger partial charge in [-0.25, -0.2) is 4.79 Å². The van der Waals surface area contributed by atoms with Crippen molar-refractivity contribution in [3.63, 3.8) is 0 Å². The van der Waals surface area contributed by atoms with E-state index in [0.717, 1.165) is 12.8 Å². The molecule has 5 rings (SSSR count). The first kappa shape index (κ1) is 23.5. The molecule has 1 N–H and O–H groups in total. The summed E-state index contributed by atoms with van der Waals surface area (Å²) in [5.74, 6) is -2.05. The van der Waals surface area contributed by atoms with Crippen LogP contribution in [0, 0.1) is 0 Å². The molecule has 2 aromatic rings. The van der Waals surface area contributed by atoms with Crippen molar-refractivity contribution in [2.24, 2.45) is 0 Å². The number of benzene rings is 1. The van der Waals surface area contributed by atoms with Crippen molar-refractivity contribution in [3.8, 4) is 11.4 Å². The van der Waals surface area contributed by atoms with E-state index in [1.165, 1.54) is 24.3 Å². The summed E-state index contributed by atoms with van der Waals surface area (Å²) >= 11 is 0. The van der Waals surface area contributed by atoms with Crippen molar-refractivity contribution < 1.29 is 36.8 Å². The van der Waals surface area contributed by atoms with Gasteiger partial charge < -0.3 is 29.1 Å². The zero-order valence-electron chi connectivity index (χ0n) is 18.7. The molecule has 0 radical (unpaired) electrons. The van der Waals surface area contributed by atoms with E-state index < -0.39 is 12.1 Å². The zero-order valence-corrected chi connectivity index (χ0v) is 18.7.